The molecular weight excluding hydrogens is 266 g/mol. The van der Waals surface area contributed by atoms with Crippen LogP contribution in [0.2, 0.25) is 0 Å². The second-order valence-electron chi connectivity index (χ2n) is 6.31. The second-order valence-corrected chi connectivity index (χ2v) is 6.31. The highest BCUT2D eigenvalue weighted by atomic mass is 16.5. The molecule has 1 spiro atoms. The normalized spacial score (nSPS) is 22.3. The van der Waals surface area contributed by atoms with Crippen LogP contribution in [0.15, 0.2) is 24.3 Å². The van der Waals surface area contributed by atoms with E-state index in [1.807, 2.05) is 12.1 Å². The summed E-state index contributed by atoms with van der Waals surface area (Å²) in [4.78, 5) is 13.5. The van der Waals surface area contributed by atoms with Gasteiger partial charge in [0, 0.05) is 19.6 Å². The van der Waals surface area contributed by atoms with Crippen molar-refractivity contribution in [2.45, 2.75) is 44.2 Å². The van der Waals surface area contributed by atoms with Gasteiger partial charge in [-0.05, 0) is 30.5 Å². The highest BCUT2D eigenvalue weighted by Gasteiger charge is 2.37. The summed E-state index contributed by atoms with van der Waals surface area (Å²) in [5.41, 5.74) is 1.50. The highest BCUT2D eigenvalue weighted by Crippen LogP contribution is 2.34. The maximum absolute atomic E-state index is 11.1. The van der Waals surface area contributed by atoms with Crippen molar-refractivity contribution >= 4 is 5.97 Å². The molecule has 1 aliphatic heterocycles. The number of rotatable bonds is 3. The molecule has 3 rings (SSSR count). The predicted octanol–water partition coefficient (Wildman–Crippen LogP) is 2.92. The smallest absolute Gasteiger partial charge is 0.335 e. The minimum atomic E-state index is -0.859. The zero-order valence-electron chi connectivity index (χ0n) is 12.4. The largest absolute Gasteiger partial charge is 0.478 e. The summed E-state index contributed by atoms with van der Waals surface area (Å²) in [6, 6.07) is 7.27. The fraction of sp³-hybridized carbons (Fsp3) is 0.588. The number of morpholine rings is 1. The van der Waals surface area contributed by atoms with E-state index in [2.05, 4.69) is 4.90 Å². The summed E-state index contributed by atoms with van der Waals surface area (Å²) in [7, 11) is 0. The Morgan fingerprint density at radius 2 is 2.10 bits per heavy atom. The molecule has 0 amide bonds. The molecule has 21 heavy (non-hydrogen) atoms. The maximum Gasteiger partial charge on any atom is 0.335 e. The Kier molecular flexibility index (Phi) is 4.27. The number of hydrogen-bond donors (Lipinski definition) is 1. The number of ether oxygens (including phenoxy) is 1. The summed E-state index contributed by atoms with van der Waals surface area (Å²) >= 11 is 0. The van der Waals surface area contributed by atoms with Crippen molar-refractivity contribution in [1.82, 2.24) is 4.90 Å². The first-order valence-electron chi connectivity index (χ1n) is 7.85. The SMILES string of the molecule is O=C(O)c1cccc(CN2CCOC3(CCCCC3)C2)c1. The molecule has 1 saturated heterocycles. The predicted molar refractivity (Wildman–Crippen MR) is 80.4 cm³/mol. The van der Waals surface area contributed by atoms with E-state index in [4.69, 9.17) is 9.84 Å². The first-order chi connectivity index (χ1) is 10.2. The first kappa shape index (κ1) is 14.5. The van der Waals surface area contributed by atoms with Crippen molar-refractivity contribution < 1.29 is 14.6 Å². The third-order valence-electron chi connectivity index (χ3n) is 4.67. The first-order valence-corrected chi connectivity index (χ1v) is 7.85. The van der Waals surface area contributed by atoms with Crippen LogP contribution in [0.1, 0.15) is 48.0 Å². The lowest BCUT2D eigenvalue weighted by molar-refractivity contribution is -0.128. The van der Waals surface area contributed by atoms with Crippen molar-refractivity contribution in [3.63, 3.8) is 0 Å². The van der Waals surface area contributed by atoms with Crippen LogP contribution in [0, 0.1) is 0 Å². The molecule has 1 aliphatic carbocycles. The number of carbonyl (C=O) groups is 1. The van der Waals surface area contributed by atoms with Crippen LogP contribution in [0.3, 0.4) is 0 Å². The van der Waals surface area contributed by atoms with Gasteiger partial charge in [0.2, 0.25) is 0 Å². The maximum atomic E-state index is 11.1. The molecule has 2 fully saturated rings. The lowest BCUT2D eigenvalue weighted by Gasteiger charge is -2.45. The molecule has 1 aromatic carbocycles. The number of aromatic carboxylic acids is 1. The van der Waals surface area contributed by atoms with Crippen LogP contribution >= 0.6 is 0 Å². The third kappa shape index (κ3) is 3.44. The summed E-state index contributed by atoms with van der Waals surface area (Å²) in [6.07, 6.45) is 6.19. The molecule has 0 radical (unpaired) electrons. The van der Waals surface area contributed by atoms with E-state index >= 15 is 0 Å². The Morgan fingerprint density at radius 1 is 1.29 bits per heavy atom. The highest BCUT2D eigenvalue weighted by molar-refractivity contribution is 5.87. The Bertz CT molecular complexity index is 503. The fourth-order valence-corrected chi connectivity index (χ4v) is 3.62. The average molecular weight is 289 g/mol. The molecule has 2 aliphatic rings. The van der Waals surface area contributed by atoms with E-state index in [1.54, 1.807) is 12.1 Å². The Morgan fingerprint density at radius 3 is 2.86 bits per heavy atom. The van der Waals surface area contributed by atoms with Crippen LogP contribution in [-0.4, -0.2) is 41.3 Å². The summed E-state index contributed by atoms with van der Waals surface area (Å²) in [5.74, 6) is -0.859. The molecule has 1 saturated carbocycles. The molecule has 4 heteroatoms. The van der Waals surface area contributed by atoms with Gasteiger partial charge in [-0.1, -0.05) is 31.4 Å². The summed E-state index contributed by atoms with van der Waals surface area (Å²) in [5, 5.41) is 9.08. The van der Waals surface area contributed by atoms with E-state index in [0.29, 0.717) is 5.56 Å². The van der Waals surface area contributed by atoms with Gasteiger partial charge in [0.1, 0.15) is 0 Å². The van der Waals surface area contributed by atoms with Gasteiger partial charge < -0.3 is 9.84 Å². The Balaban J connectivity index is 1.67. The van der Waals surface area contributed by atoms with Crippen molar-refractivity contribution in [3.8, 4) is 0 Å². The van der Waals surface area contributed by atoms with Gasteiger partial charge in [0.25, 0.3) is 0 Å². The van der Waals surface area contributed by atoms with E-state index in [-0.39, 0.29) is 5.60 Å². The molecule has 1 aromatic rings. The Labute approximate surface area is 125 Å². The van der Waals surface area contributed by atoms with Gasteiger partial charge in [-0.3, -0.25) is 4.90 Å². The molecule has 114 valence electrons. The number of carboxylic acids is 1. The lowest BCUT2D eigenvalue weighted by Crippen LogP contribution is -2.52. The van der Waals surface area contributed by atoms with Crippen molar-refractivity contribution in [2.75, 3.05) is 19.7 Å². The third-order valence-corrected chi connectivity index (χ3v) is 4.67. The van der Waals surface area contributed by atoms with Gasteiger partial charge >= 0.3 is 5.97 Å². The number of nitrogens with zero attached hydrogens (tertiary/aromatic N) is 1. The van der Waals surface area contributed by atoms with Gasteiger partial charge in [0.05, 0.1) is 17.8 Å². The van der Waals surface area contributed by atoms with Gasteiger partial charge in [-0.25, -0.2) is 4.79 Å². The van der Waals surface area contributed by atoms with E-state index in [9.17, 15) is 4.79 Å². The fourth-order valence-electron chi connectivity index (χ4n) is 3.62. The van der Waals surface area contributed by atoms with Crippen LogP contribution in [0.5, 0.6) is 0 Å². The van der Waals surface area contributed by atoms with E-state index in [0.717, 1.165) is 31.8 Å². The molecule has 4 nitrogen and oxygen atoms in total. The summed E-state index contributed by atoms with van der Waals surface area (Å²) < 4.78 is 6.10. The molecule has 0 aromatic heterocycles. The van der Waals surface area contributed by atoms with Crippen LogP contribution < -0.4 is 0 Å². The average Bonchev–Trinajstić information content (AvgIpc) is 2.48. The Hall–Kier alpha value is -1.39. The molecule has 0 unspecified atom stereocenters. The molecule has 1 heterocycles. The number of benzene rings is 1. The standard InChI is InChI=1S/C17H23NO3/c19-16(20)15-6-4-5-14(11-15)12-18-9-10-21-17(13-18)7-2-1-3-8-17/h4-6,11H,1-3,7-10,12-13H2,(H,19,20). The zero-order chi connectivity index (χ0) is 14.7. The minimum absolute atomic E-state index is 0.0565. The number of hydrogen-bond acceptors (Lipinski definition) is 3. The minimum Gasteiger partial charge on any atom is -0.478 e. The van der Waals surface area contributed by atoms with Gasteiger partial charge in [-0.15, -0.1) is 0 Å². The second kappa shape index (κ2) is 6.16. The van der Waals surface area contributed by atoms with Crippen molar-refractivity contribution in [3.05, 3.63) is 35.4 Å². The molecule has 1 N–H and O–H groups in total. The van der Waals surface area contributed by atoms with Gasteiger partial charge in [-0.2, -0.15) is 0 Å². The van der Waals surface area contributed by atoms with Crippen LogP contribution in [-0.2, 0) is 11.3 Å². The topological polar surface area (TPSA) is 49.8 Å². The van der Waals surface area contributed by atoms with Gasteiger partial charge in [0.15, 0.2) is 0 Å². The lowest BCUT2D eigenvalue weighted by atomic mass is 9.83. The monoisotopic (exact) mass is 289 g/mol. The summed E-state index contributed by atoms with van der Waals surface area (Å²) in [6.45, 7) is 3.51. The van der Waals surface area contributed by atoms with Crippen LogP contribution in [0.4, 0.5) is 0 Å². The van der Waals surface area contributed by atoms with Crippen molar-refractivity contribution in [2.24, 2.45) is 0 Å². The van der Waals surface area contributed by atoms with Crippen LogP contribution in [0.25, 0.3) is 0 Å². The number of carboxylic acid groups (broad SMARTS) is 1. The van der Waals surface area contributed by atoms with Crippen molar-refractivity contribution in [1.29, 1.82) is 0 Å². The zero-order valence-corrected chi connectivity index (χ0v) is 12.4. The molecule has 0 atom stereocenters. The molecule has 0 bridgehead atoms. The molecular formula is C17H23NO3. The van der Waals surface area contributed by atoms with E-state index < -0.39 is 5.97 Å². The quantitative estimate of drug-likeness (QED) is 0.929. The van der Waals surface area contributed by atoms with E-state index in [1.165, 1.54) is 32.1 Å².